The van der Waals surface area contributed by atoms with Crippen molar-refractivity contribution in [2.24, 2.45) is 5.73 Å². The number of amides is 1. The summed E-state index contributed by atoms with van der Waals surface area (Å²) in [5.74, 6) is 0.292. The van der Waals surface area contributed by atoms with E-state index in [-0.39, 0.29) is 12.1 Å². The van der Waals surface area contributed by atoms with Gasteiger partial charge in [-0.3, -0.25) is 4.79 Å². The summed E-state index contributed by atoms with van der Waals surface area (Å²) in [6.45, 7) is 0.632. The van der Waals surface area contributed by atoms with Crippen molar-refractivity contribution in [2.45, 2.75) is 18.6 Å². The number of halogens is 1. The van der Waals surface area contributed by atoms with Crippen LogP contribution in [0.1, 0.15) is 27.9 Å². The molecule has 11 heteroatoms. The molecule has 3 aromatic rings. The number of piperidine rings is 1. The zero-order valence-corrected chi connectivity index (χ0v) is 18.6. The molecule has 35 heavy (non-hydrogen) atoms. The van der Waals surface area contributed by atoms with Crippen molar-refractivity contribution in [3.8, 4) is 12.1 Å². The van der Waals surface area contributed by atoms with Gasteiger partial charge >= 0.3 is 0 Å². The average Bonchev–Trinajstić information content (AvgIpc) is 2.85. The van der Waals surface area contributed by atoms with Crippen LogP contribution in [-0.2, 0) is 0 Å². The molecule has 3 heterocycles. The quantitative estimate of drug-likeness (QED) is 0.395. The summed E-state index contributed by atoms with van der Waals surface area (Å²) < 4.78 is 15.1. The maximum atomic E-state index is 15.1. The molecule has 10 nitrogen and oxygen atoms in total. The molecule has 0 saturated carbocycles. The van der Waals surface area contributed by atoms with E-state index in [2.05, 4.69) is 20.6 Å². The van der Waals surface area contributed by atoms with E-state index >= 15 is 4.39 Å². The van der Waals surface area contributed by atoms with Gasteiger partial charge in [-0.15, -0.1) is 0 Å². The fourth-order valence-electron chi connectivity index (χ4n) is 3.84. The average molecular weight is 472 g/mol. The van der Waals surface area contributed by atoms with Crippen molar-refractivity contribution in [1.29, 1.82) is 10.5 Å². The number of carbonyl (C=O) groups is 1. The molecule has 4 rings (SSSR count). The van der Waals surface area contributed by atoms with Crippen molar-refractivity contribution in [2.75, 3.05) is 34.4 Å². The fraction of sp³-hybridized carbons (Fsp3) is 0.208. The molecular formula is C24H22FN9O. The fourth-order valence-corrected chi connectivity index (χ4v) is 3.84. The molecule has 0 spiro atoms. The summed E-state index contributed by atoms with van der Waals surface area (Å²) in [6.07, 6.45) is 1.96. The first-order valence-electron chi connectivity index (χ1n) is 10.8. The highest BCUT2D eigenvalue weighted by atomic mass is 19.1. The van der Waals surface area contributed by atoms with E-state index < -0.39 is 18.1 Å². The minimum Gasteiger partial charge on any atom is -0.398 e. The van der Waals surface area contributed by atoms with E-state index in [9.17, 15) is 4.79 Å². The summed E-state index contributed by atoms with van der Waals surface area (Å²) in [5, 5.41) is 24.1. The third-order valence-electron chi connectivity index (χ3n) is 5.70. The number of rotatable bonds is 6. The largest absolute Gasteiger partial charge is 0.398 e. The van der Waals surface area contributed by atoms with Gasteiger partial charge in [-0.1, -0.05) is 0 Å². The third kappa shape index (κ3) is 5.20. The molecule has 0 aliphatic carbocycles. The van der Waals surface area contributed by atoms with Crippen LogP contribution < -0.4 is 27.0 Å². The Balaban J connectivity index is 1.49. The predicted molar refractivity (Wildman–Crippen MR) is 130 cm³/mol. The molecule has 2 atom stereocenters. The van der Waals surface area contributed by atoms with Crippen LogP contribution >= 0.6 is 0 Å². The molecule has 1 aromatic carbocycles. The van der Waals surface area contributed by atoms with Gasteiger partial charge in [-0.05, 0) is 36.8 Å². The van der Waals surface area contributed by atoms with Gasteiger partial charge in [0.05, 0.1) is 40.7 Å². The van der Waals surface area contributed by atoms with Crippen molar-refractivity contribution >= 4 is 34.6 Å². The van der Waals surface area contributed by atoms with E-state index in [0.717, 1.165) is 0 Å². The molecule has 1 saturated heterocycles. The highest BCUT2D eigenvalue weighted by Crippen LogP contribution is 2.27. The van der Waals surface area contributed by atoms with Crippen molar-refractivity contribution in [3.63, 3.8) is 0 Å². The molecule has 0 radical (unpaired) electrons. The number of hydrogen-bond donors (Lipinski definition) is 4. The van der Waals surface area contributed by atoms with Crippen LogP contribution in [0.25, 0.3) is 0 Å². The van der Waals surface area contributed by atoms with Crippen LogP contribution in [0, 0.1) is 22.7 Å². The first-order valence-corrected chi connectivity index (χ1v) is 10.8. The van der Waals surface area contributed by atoms with E-state index in [1.54, 1.807) is 36.4 Å². The van der Waals surface area contributed by atoms with E-state index in [1.807, 2.05) is 17.0 Å². The molecular weight excluding hydrogens is 449 g/mol. The van der Waals surface area contributed by atoms with Gasteiger partial charge in [0, 0.05) is 30.7 Å². The number of nitrogens with two attached hydrogens (primary N) is 2. The Morgan fingerprint density at radius 2 is 1.97 bits per heavy atom. The lowest BCUT2D eigenvalue weighted by Crippen LogP contribution is -2.48. The van der Waals surface area contributed by atoms with Crippen LogP contribution in [0.15, 0.2) is 48.8 Å². The monoisotopic (exact) mass is 471 g/mol. The number of nitrogen functional groups attached to an aromatic ring is 1. The number of benzene rings is 1. The van der Waals surface area contributed by atoms with Gasteiger partial charge in [0.2, 0.25) is 0 Å². The molecule has 1 unspecified atom stereocenters. The molecule has 2 aromatic heterocycles. The number of alkyl halides is 1. The van der Waals surface area contributed by atoms with E-state index in [1.165, 1.54) is 12.4 Å². The lowest BCUT2D eigenvalue weighted by molar-refractivity contribution is 0.100. The molecule has 0 bridgehead atoms. The summed E-state index contributed by atoms with van der Waals surface area (Å²) in [7, 11) is 0. The zero-order valence-electron chi connectivity index (χ0n) is 18.6. The van der Waals surface area contributed by atoms with E-state index in [4.69, 9.17) is 22.0 Å². The Hall–Kier alpha value is -4.90. The van der Waals surface area contributed by atoms with E-state index in [0.29, 0.717) is 52.8 Å². The Labute approximate surface area is 201 Å². The second kappa shape index (κ2) is 9.93. The van der Waals surface area contributed by atoms with Gasteiger partial charge < -0.3 is 27.0 Å². The number of nitriles is 2. The van der Waals surface area contributed by atoms with Crippen LogP contribution in [0.3, 0.4) is 0 Å². The minimum atomic E-state index is -1.26. The second-order valence-corrected chi connectivity index (χ2v) is 8.04. The first-order chi connectivity index (χ1) is 16.9. The summed E-state index contributed by atoms with van der Waals surface area (Å²) in [6, 6.07) is 13.2. The van der Waals surface area contributed by atoms with Gasteiger partial charge in [-0.2, -0.15) is 10.5 Å². The number of nitrogens with one attached hydrogen (secondary N) is 2. The first kappa shape index (κ1) is 23.3. The number of primary amides is 1. The molecule has 1 fully saturated rings. The maximum absolute atomic E-state index is 15.1. The molecule has 1 aliphatic rings. The molecule has 1 amide bonds. The SMILES string of the molecule is N#Cc1ccc(N2CC[C@@H](Nc3cc(Nc4ccc(C#N)c(N)c4)ncc3C(N)=O)C(F)C2)nc1. The smallest absolute Gasteiger partial charge is 0.252 e. The standard InChI is InChI=1S/C24H22FN9O/c25-18-13-34(23-4-1-14(9-26)11-31-23)6-5-20(18)33-21-8-22(30-12-17(21)24(29)35)32-16-3-2-15(10-27)19(28)7-16/h1-4,7-8,11-12,18,20H,5-6,13,28H2,(H2,29,35)(H2,30,32,33)/t18?,20-/m1/s1. The third-order valence-corrected chi connectivity index (χ3v) is 5.70. The number of hydrogen-bond acceptors (Lipinski definition) is 9. The van der Waals surface area contributed by atoms with Crippen molar-refractivity contribution < 1.29 is 9.18 Å². The number of anilines is 5. The maximum Gasteiger partial charge on any atom is 0.252 e. The Kier molecular flexibility index (Phi) is 6.60. The van der Waals surface area contributed by atoms with Gasteiger partial charge in [-0.25, -0.2) is 14.4 Å². The van der Waals surface area contributed by atoms with Crippen molar-refractivity contribution in [3.05, 3.63) is 65.5 Å². The van der Waals surface area contributed by atoms with Crippen LogP contribution in [-0.4, -0.2) is 41.2 Å². The summed E-state index contributed by atoms with van der Waals surface area (Å²) in [5.41, 5.74) is 13.6. The minimum absolute atomic E-state index is 0.100. The van der Waals surface area contributed by atoms with Gasteiger partial charge in [0.25, 0.3) is 5.91 Å². The second-order valence-electron chi connectivity index (χ2n) is 8.04. The normalized spacial score (nSPS) is 17.2. The Bertz CT molecular complexity index is 1330. The number of carbonyl (C=O) groups excluding carboxylic acids is 1. The predicted octanol–water partition coefficient (Wildman–Crippen LogP) is 2.67. The summed E-state index contributed by atoms with van der Waals surface area (Å²) >= 11 is 0. The lowest BCUT2D eigenvalue weighted by Gasteiger charge is -2.36. The topological polar surface area (TPSA) is 170 Å². The Morgan fingerprint density at radius 1 is 1.14 bits per heavy atom. The Morgan fingerprint density at radius 3 is 2.60 bits per heavy atom. The van der Waals surface area contributed by atoms with Crippen molar-refractivity contribution in [1.82, 2.24) is 9.97 Å². The number of aromatic nitrogens is 2. The number of pyridine rings is 2. The van der Waals surface area contributed by atoms with Crippen LogP contribution in [0.2, 0.25) is 0 Å². The molecule has 6 N–H and O–H groups in total. The summed E-state index contributed by atoms with van der Waals surface area (Å²) in [4.78, 5) is 22.2. The van der Waals surface area contributed by atoms with Crippen LogP contribution in [0.5, 0.6) is 0 Å². The zero-order chi connectivity index (χ0) is 24.9. The number of nitrogens with zero attached hydrogens (tertiary/aromatic N) is 5. The highest BCUT2D eigenvalue weighted by molar-refractivity contribution is 5.98. The van der Waals surface area contributed by atoms with Gasteiger partial charge in [0.15, 0.2) is 0 Å². The molecule has 176 valence electrons. The highest BCUT2D eigenvalue weighted by Gasteiger charge is 2.30. The molecule has 1 aliphatic heterocycles. The van der Waals surface area contributed by atoms with Gasteiger partial charge in [0.1, 0.15) is 29.9 Å². The lowest BCUT2D eigenvalue weighted by atomic mass is 10.0. The van der Waals surface area contributed by atoms with Crippen LogP contribution in [0.4, 0.5) is 33.1 Å².